The van der Waals surface area contributed by atoms with Gasteiger partial charge in [-0.1, -0.05) is 6.07 Å². The van der Waals surface area contributed by atoms with Gasteiger partial charge in [0.15, 0.2) is 6.10 Å². The number of carbonyl (C=O) groups excluding carboxylic acids is 1. The predicted molar refractivity (Wildman–Crippen MR) is 70.6 cm³/mol. The molecule has 0 aliphatic carbocycles. The van der Waals surface area contributed by atoms with Crippen LogP contribution >= 0.6 is 0 Å². The molecule has 1 amide bonds. The Labute approximate surface area is 108 Å². The number of carbonyl (C=O) groups is 1. The number of ether oxygens (including phenoxy) is 1. The van der Waals surface area contributed by atoms with Crippen molar-refractivity contribution in [2.24, 2.45) is 0 Å². The maximum atomic E-state index is 11.6. The molecule has 0 spiro atoms. The lowest BCUT2D eigenvalue weighted by atomic mass is 10.1. The van der Waals surface area contributed by atoms with Gasteiger partial charge in [-0.15, -0.1) is 0 Å². The molecule has 0 bridgehead atoms. The first-order valence-corrected chi connectivity index (χ1v) is 6.18. The molecule has 4 nitrogen and oxygen atoms in total. The van der Waals surface area contributed by atoms with Crippen molar-refractivity contribution in [3.8, 4) is 5.75 Å². The summed E-state index contributed by atoms with van der Waals surface area (Å²) >= 11 is 0. The number of aliphatic hydroxyl groups excluding tert-OH is 1. The third-order valence-electron chi connectivity index (χ3n) is 2.71. The first-order chi connectivity index (χ1) is 8.45. The number of hydrogen-bond acceptors (Lipinski definition) is 3. The van der Waals surface area contributed by atoms with E-state index < -0.39 is 12.2 Å². The fourth-order valence-corrected chi connectivity index (χ4v) is 1.63. The predicted octanol–water partition coefficient (Wildman–Crippen LogP) is 1.95. The van der Waals surface area contributed by atoms with Gasteiger partial charge >= 0.3 is 0 Å². The fraction of sp³-hybridized carbons (Fsp3) is 0.500. The summed E-state index contributed by atoms with van der Waals surface area (Å²) in [5.74, 6) is 0.537. The lowest BCUT2D eigenvalue weighted by Crippen LogP contribution is -2.36. The molecule has 0 heterocycles. The second kappa shape index (κ2) is 6.40. The van der Waals surface area contributed by atoms with Gasteiger partial charge in [-0.3, -0.25) is 4.79 Å². The molecule has 0 saturated heterocycles. The van der Waals surface area contributed by atoms with Gasteiger partial charge in [0.25, 0.3) is 5.91 Å². The zero-order valence-corrected chi connectivity index (χ0v) is 11.4. The van der Waals surface area contributed by atoms with E-state index in [-0.39, 0.29) is 5.91 Å². The highest BCUT2D eigenvalue weighted by Gasteiger charge is 2.15. The molecule has 4 heteroatoms. The van der Waals surface area contributed by atoms with Crippen LogP contribution in [0.3, 0.4) is 0 Å². The Morgan fingerprint density at radius 2 is 2.11 bits per heavy atom. The van der Waals surface area contributed by atoms with Crippen molar-refractivity contribution in [2.75, 3.05) is 6.54 Å². The second-order valence-electron chi connectivity index (χ2n) is 4.36. The molecule has 1 aromatic rings. The SMILES string of the molecule is CCNC(=O)C(C)Oc1ccc([C@H](C)O)cc1C. The van der Waals surface area contributed by atoms with Crippen LogP contribution in [0.15, 0.2) is 18.2 Å². The number of amides is 1. The van der Waals surface area contributed by atoms with Gasteiger partial charge in [0, 0.05) is 6.54 Å². The molecule has 1 rings (SSSR count). The molecular weight excluding hydrogens is 230 g/mol. The van der Waals surface area contributed by atoms with Gasteiger partial charge in [0.05, 0.1) is 6.10 Å². The van der Waals surface area contributed by atoms with Crippen LogP contribution in [0.5, 0.6) is 5.75 Å². The third kappa shape index (κ3) is 3.74. The standard InChI is InChI=1S/C14H21NO3/c1-5-15-14(17)11(4)18-13-7-6-12(10(3)16)8-9(13)2/h6-8,10-11,16H,5H2,1-4H3,(H,15,17)/t10-,11?/m0/s1. The van der Waals surface area contributed by atoms with Crippen LogP contribution in [0.2, 0.25) is 0 Å². The molecule has 2 atom stereocenters. The van der Waals surface area contributed by atoms with Crippen LogP contribution in [-0.4, -0.2) is 23.7 Å². The van der Waals surface area contributed by atoms with Crippen molar-refractivity contribution in [3.63, 3.8) is 0 Å². The monoisotopic (exact) mass is 251 g/mol. The summed E-state index contributed by atoms with van der Waals surface area (Å²) in [6, 6.07) is 5.45. The van der Waals surface area contributed by atoms with Crippen LogP contribution < -0.4 is 10.1 Å². The van der Waals surface area contributed by atoms with E-state index in [9.17, 15) is 9.90 Å². The summed E-state index contributed by atoms with van der Waals surface area (Å²) in [5.41, 5.74) is 1.75. The van der Waals surface area contributed by atoms with E-state index in [0.717, 1.165) is 11.1 Å². The number of hydrogen-bond donors (Lipinski definition) is 2. The first-order valence-electron chi connectivity index (χ1n) is 6.18. The summed E-state index contributed by atoms with van der Waals surface area (Å²) in [6.07, 6.45) is -1.03. The van der Waals surface area contributed by atoms with Crippen molar-refractivity contribution in [2.45, 2.75) is 39.9 Å². The van der Waals surface area contributed by atoms with E-state index in [1.165, 1.54) is 0 Å². The number of rotatable bonds is 5. The van der Waals surface area contributed by atoms with E-state index >= 15 is 0 Å². The molecule has 0 aromatic heterocycles. The Morgan fingerprint density at radius 3 is 2.61 bits per heavy atom. The smallest absolute Gasteiger partial charge is 0.260 e. The molecular formula is C14H21NO3. The zero-order chi connectivity index (χ0) is 13.7. The maximum Gasteiger partial charge on any atom is 0.260 e. The molecule has 0 radical (unpaired) electrons. The summed E-state index contributed by atoms with van der Waals surface area (Å²) in [6.45, 7) is 7.78. The van der Waals surface area contributed by atoms with Crippen LogP contribution in [-0.2, 0) is 4.79 Å². The lowest BCUT2D eigenvalue weighted by molar-refractivity contribution is -0.127. The Morgan fingerprint density at radius 1 is 1.44 bits per heavy atom. The normalized spacial score (nSPS) is 13.8. The molecule has 0 aliphatic heterocycles. The minimum atomic E-state index is -0.527. The minimum Gasteiger partial charge on any atom is -0.481 e. The van der Waals surface area contributed by atoms with Crippen LogP contribution in [0, 0.1) is 6.92 Å². The van der Waals surface area contributed by atoms with Gasteiger partial charge < -0.3 is 15.2 Å². The average molecular weight is 251 g/mol. The van der Waals surface area contributed by atoms with Crippen molar-refractivity contribution < 1.29 is 14.6 Å². The number of likely N-dealkylation sites (N-methyl/N-ethyl adjacent to an activating group) is 1. The number of aryl methyl sites for hydroxylation is 1. The van der Waals surface area contributed by atoms with Crippen LogP contribution in [0.1, 0.15) is 38.0 Å². The van der Waals surface area contributed by atoms with Gasteiger partial charge in [-0.05, 0) is 51.0 Å². The number of benzene rings is 1. The molecule has 1 aromatic carbocycles. The second-order valence-corrected chi connectivity index (χ2v) is 4.36. The Balaban J connectivity index is 2.76. The third-order valence-corrected chi connectivity index (χ3v) is 2.71. The fourth-order valence-electron chi connectivity index (χ4n) is 1.63. The Kier molecular flexibility index (Phi) is 5.16. The zero-order valence-electron chi connectivity index (χ0n) is 11.4. The summed E-state index contributed by atoms with van der Waals surface area (Å²) in [5, 5.41) is 12.2. The average Bonchev–Trinajstić information content (AvgIpc) is 2.31. The summed E-state index contributed by atoms with van der Waals surface area (Å²) < 4.78 is 5.60. The van der Waals surface area contributed by atoms with E-state index in [1.54, 1.807) is 26.0 Å². The summed E-state index contributed by atoms with van der Waals surface area (Å²) in [7, 11) is 0. The van der Waals surface area contributed by atoms with Crippen LogP contribution in [0.4, 0.5) is 0 Å². The maximum absolute atomic E-state index is 11.6. The lowest BCUT2D eigenvalue weighted by Gasteiger charge is -2.16. The van der Waals surface area contributed by atoms with E-state index in [4.69, 9.17) is 4.74 Å². The molecule has 2 N–H and O–H groups in total. The van der Waals surface area contributed by atoms with Crippen LogP contribution in [0.25, 0.3) is 0 Å². The Bertz CT molecular complexity index is 416. The molecule has 0 fully saturated rings. The summed E-state index contributed by atoms with van der Waals surface area (Å²) in [4.78, 5) is 11.6. The van der Waals surface area contributed by atoms with Gasteiger partial charge in [0.1, 0.15) is 5.75 Å². The van der Waals surface area contributed by atoms with Crippen molar-refractivity contribution in [1.29, 1.82) is 0 Å². The highest BCUT2D eigenvalue weighted by molar-refractivity contribution is 5.80. The van der Waals surface area contributed by atoms with Crippen molar-refractivity contribution in [1.82, 2.24) is 5.32 Å². The largest absolute Gasteiger partial charge is 0.481 e. The highest BCUT2D eigenvalue weighted by atomic mass is 16.5. The van der Waals surface area contributed by atoms with E-state index in [2.05, 4.69) is 5.32 Å². The van der Waals surface area contributed by atoms with E-state index in [0.29, 0.717) is 12.3 Å². The number of nitrogens with one attached hydrogen (secondary N) is 1. The van der Waals surface area contributed by atoms with Crippen molar-refractivity contribution >= 4 is 5.91 Å². The van der Waals surface area contributed by atoms with Gasteiger partial charge in [-0.2, -0.15) is 0 Å². The topological polar surface area (TPSA) is 58.6 Å². The highest BCUT2D eigenvalue weighted by Crippen LogP contribution is 2.23. The molecule has 0 saturated carbocycles. The Hall–Kier alpha value is -1.55. The van der Waals surface area contributed by atoms with Gasteiger partial charge in [-0.25, -0.2) is 0 Å². The number of aliphatic hydroxyl groups is 1. The molecule has 100 valence electrons. The van der Waals surface area contributed by atoms with Gasteiger partial charge in [0.2, 0.25) is 0 Å². The minimum absolute atomic E-state index is 0.128. The quantitative estimate of drug-likeness (QED) is 0.841. The molecule has 1 unspecified atom stereocenters. The van der Waals surface area contributed by atoms with E-state index in [1.807, 2.05) is 19.9 Å². The molecule has 0 aliphatic rings. The van der Waals surface area contributed by atoms with Crippen molar-refractivity contribution in [3.05, 3.63) is 29.3 Å². The first kappa shape index (κ1) is 14.5. The molecule has 18 heavy (non-hydrogen) atoms.